The molecule has 1 heterocycles. The third-order valence-electron chi connectivity index (χ3n) is 2.50. The highest BCUT2D eigenvalue weighted by Crippen LogP contribution is 2.21. The molecule has 5 heteroatoms. The fourth-order valence-electron chi connectivity index (χ4n) is 1.37. The lowest BCUT2D eigenvalue weighted by atomic mass is 9.93. The molecule has 0 atom stereocenters. The first-order valence-corrected chi connectivity index (χ1v) is 5.54. The van der Waals surface area contributed by atoms with Gasteiger partial charge in [-0.25, -0.2) is 4.98 Å². The Kier molecular flexibility index (Phi) is 3.12. The Morgan fingerprint density at radius 1 is 1.47 bits per heavy atom. The molecule has 1 aromatic heterocycles. The van der Waals surface area contributed by atoms with Crippen molar-refractivity contribution in [3.63, 3.8) is 0 Å². The first-order valence-electron chi connectivity index (χ1n) is 4.79. The topological polar surface area (TPSA) is 42.0 Å². The number of pyridine rings is 1. The van der Waals surface area contributed by atoms with Gasteiger partial charge in [-0.15, -0.1) is 0 Å². The van der Waals surface area contributed by atoms with Gasteiger partial charge in [0.05, 0.1) is 10.6 Å². The van der Waals surface area contributed by atoms with Crippen molar-refractivity contribution in [2.45, 2.75) is 25.3 Å². The molecule has 1 amide bonds. The van der Waals surface area contributed by atoms with E-state index in [1.54, 1.807) is 0 Å². The normalized spacial score (nSPS) is 15.9. The van der Waals surface area contributed by atoms with E-state index in [4.69, 9.17) is 23.2 Å². The lowest BCUT2D eigenvalue weighted by molar-refractivity contribution is 0.0916. The maximum Gasteiger partial charge on any atom is 0.253 e. The molecule has 15 heavy (non-hydrogen) atoms. The van der Waals surface area contributed by atoms with Crippen LogP contribution in [0.4, 0.5) is 0 Å². The van der Waals surface area contributed by atoms with Gasteiger partial charge in [-0.2, -0.15) is 0 Å². The van der Waals surface area contributed by atoms with Gasteiger partial charge in [0.2, 0.25) is 0 Å². The Morgan fingerprint density at radius 3 is 2.73 bits per heavy atom. The first-order chi connectivity index (χ1) is 7.16. The lowest BCUT2D eigenvalue weighted by Crippen LogP contribution is -2.39. The van der Waals surface area contributed by atoms with E-state index in [9.17, 15) is 4.79 Å². The molecule has 1 saturated carbocycles. The lowest BCUT2D eigenvalue weighted by Gasteiger charge is -2.26. The Balaban J connectivity index is 2.07. The SMILES string of the molecule is O=C(NC1CCC1)c1cnc(Cl)c(Cl)c1. The molecule has 3 nitrogen and oxygen atoms in total. The highest BCUT2D eigenvalue weighted by atomic mass is 35.5. The van der Waals surface area contributed by atoms with Crippen molar-refractivity contribution < 1.29 is 4.79 Å². The largest absolute Gasteiger partial charge is 0.349 e. The first kappa shape index (κ1) is 10.7. The maximum atomic E-state index is 11.7. The Hall–Kier alpha value is -0.800. The predicted molar refractivity (Wildman–Crippen MR) is 59.4 cm³/mol. The average Bonchev–Trinajstić information content (AvgIpc) is 2.15. The molecule has 2 rings (SSSR count). The minimum atomic E-state index is -0.134. The van der Waals surface area contributed by atoms with E-state index in [2.05, 4.69) is 10.3 Å². The monoisotopic (exact) mass is 244 g/mol. The van der Waals surface area contributed by atoms with Crippen LogP contribution in [0.1, 0.15) is 29.6 Å². The van der Waals surface area contributed by atoms with Gasteiger partial charge in [-0.05, 0) is 25.3 Å². The molecule has 0 aromatic carbocycles. The van der Waals surface area contributed by atoms with Crippen LogP contribution in [0.15, 0.2) is 12.3 Å². The van der Waals surface area contributed by atoms with Gasteiger partial charge in [0.15, 0.2) is 0 Å². The zero-order chi connectivity index (χ0) is 10.8. The number of hydrogen-bond donors (Lipinski definition) is 1. The van der Waals surface area contributed by atoms with Crippen LogP contribution >= 0.6 is 23.2 Å². The van der Waals surface area contributed by atoms with Gasteiger partial charge in [-0.1, -0.05) is 23.2 Å². The standard InChI is InChI=1S/C10H10Cl2N2O/c11-8-4-6(5-13-9(8)12)10(15)14-7-2-1-3-7/h4-5,7H,1-3H2,(H,14,15). The number of nitrogens with zero attached hydrogens (tertiary/aromatic N) is 1. The summed E-state index contributed by atoms with van der Waals surface area (Å²) in [6.45, 7) is 0. The van der Waals surface area contributed by atoms with Crippen molar-refractivity contribution in [1.82, 2.24) is 10.3 Å². The molecule has 0 aliphatic heterocycles. The van der Waals surface area contributed by atoms with E-state index in [1.807, 2.05) is 0 Å². The number of amides is 1. The summed E-state index contributed by atoms with van der Waals surface area (Å²) in [4.78, 5) is 15.5. The molecule has 0 saturated heterocycles. The van der Waals surface area contributed by atoms with E-state index in [0.29, 0.717) is 16.6 Å². The van der Waals surface area contributed by atoms with Crippen molar-refractivity contribution >= 4 is 29.1 Å². The molecule has 0 bridgehead atoms. The fourth-order valence-corrected chi connectivity index (χ4v) is 1.64. The molecule has 1 fully saturated rings. The van der Waals surface area contributed by atoms with E-state index >= 15 is 0 Å². The molecule has 0 radical (unpaired) electrons. The van der Waals surface area contributed by atoms with Gasteiger partial charge in [0.25, 0.3) is 5.91 Å². The number of carbonyl (C=O) groups is 1. The van der Waals surface area contributed by atoms with Gasteiger partial charge >= 0.3 is 0 Å². The highest BCUT2D eigenvalue weighted by Gasteiger charge is 2.20. The van der Waals surface area contributed by atoms with E-state index < -0.39 is 0 Å². The van der Waals surface area contributed by atoms with Crippen molar-refractivity contribution in [3.8, 4) is 0 Å². The molecule has 80 valence electrons. The summed E-state index contributed by atoms with van der Waals surface area (Å²) in [5.41, 5.74) is 0.455. The van der Waals surface area contributed by atoms with E-state index in [1.165, 1.54) is 18.7 Å². The molecule has 1 N–H and O–H groups in total. The van der Waals surface area contributed by atoms with Crippen molar-refractivity contribution in [1.29, 1.82) is 0 Å². The summed E-state index contributed by atoms with van der Waals surface area (Å²) >= 11 is 11.4. The Bertz CT molecular complexity index is 391. The van der Waals surface area contributed by atoms with Crippen LogP contribution in [0.3, 0.4) is 0 Å². The molecular weight excluding hydrogens is 235 g/mol. The van der Waals surface area contributed by atoms with Crippen molar-refractivity contribution in [2.24, 2.45) is 0 Å². The van der Waals surface area contributed by atoms with Crippen LogP contribution in [0.25, 0.3) is 0 Å². The van der Waals surface area contributed by atoms with E-state index in [-0.39, 0.29) is 11.1 Å². The van der Waals surface area contributed by atoms with Crippen LogP contribution < -0.4 is 5.32 Å². The third kappa shape index (κ3) is 2.41. The summed E-state index contributed by atoms with van der Waals surface area (Å²) in [7, 11) is 0. The second-order valence-electron chi connectivity index (χ2n) is 3.60. The van der Waals surface area contributed by atoms with Crippen LogP contribution in [-0.4, -0.2) is 16.9 Å². The molecular formula is C10H10Cl2N2O. The third-order valence-corrected chi connectivity index (χ3v) is 3.18. The summed E-state index contributed by atoms with van der Waals surface area (Å²) in [5.74, 6) is -0.134. The molecule has 1 aliphatic rings. The fraction of sp³-hybridized carbons (Fsp3) is 0.400. The molecule has 1 aromatic rings. The predicted octanol–water partition coefficient (Wildman–Crippen LogP) is 2.67. The number of carbonyl (C=O) groups excluding carboxylic acids is 1. The van der Waals surface area contributed by atoms with Crippen LogP contribution in [0.2, 0.25) is 10.2 Å². The molecule has 0 unspecified atom stereocenters. The summed E-state index contributed by atoms with van der Waals surface area (Å²) in [6.07, 6.45) is 4.73. The smallest absolute Gasteiger partial charge is 0.253 e. The zero-order valence-electron chi connectivity index (χ0n) is 7.96. The zero-order valence-corrected chi connectivity index (χ0v) is 9.48. The van der Waals surface area contributed by atoms with Crippen LogP contribution in [-0.2, 0) is 0 Å². The van der Waals surface area contributed by atoms with Gasteiger partial charge < -0.3 is 5.32 Å². The number of rotatable bonds is 2. The van der Waals surface area contributed by atoms with Crippen molar-refractivity contribution in [3.05, 3.63) is 28.0 Å². The second kappa shape index (κ2) is 4.37. The summed E-state index contributed by atoms with van der Waals surface area (Å²) < 4.78 is 0. The van der Waals surface area contributed by atoms with Crippen LogP contribution in [0, 0.1) is 0 Å². The quantitative estimate of drug-likeness (QED) is 0.814. The average molecular weight is 245 g/mol. The summed E-state index contributed by atoms with van der Waals surface area (Å²) in [5, 5.41) is 3.42. The minimum absolute atomic E-state index is 0.134. The number of nitrogens with one attached hydrogen (secondary N) is 1. The van der Waals surface area contributed by atoms with Gasteiger partial charge in [-0.3, -0.25) is 4.79 Å². The summed E-state index contributed by atoms with van der Waals surface area (Å²) in [6, 6.07) is 1.84. The van der Waals surface area contributed by atoms with Gasteiger partial charge in [0.1, 0.15) is 5.15 Å². The molecule has 0 spiro atoms. The number of hydrogen-bond acceptors (Lipinski definition) is 2. The Morgan fingerprint density at radius 2 is 2.20 bits per heavy atom. The van der Waals surface area contributed by atoms with E-state index in [0.717, 1.165) is 12.8 Å². The second-order valence-corrected chi connectivity index (χ2v) is 4.36. The minimum Gasteiger partial charge on any atom is -0.349 e. The van der Waals surface area contributed by atoms with Gasteiger partial charge in [0, 0.05) is 12.2 Å². The number of aromatic nitrogens is 1. The highest BCUT2D eigenvalue weighted by molar-refractivity contribution is 6.41. The van der Waals surface area contributed by atoms with Crippen molar-refractivity contribution in [2.75, 3.05) is 0 Å². The molecule has 1 aliphatic carbocycles. The van der Waals surface area contributed by atoms with Crippen LogP contribution in [0.5, 0.6) is 0 Å². The maximum absolute atomic E-state index is 11.7. The Labute approximate surface area is 97.8 Å². The number of halogens is 2.